The molecule has 0 saturated carbocycles. The van der Waals surface area contributed by atoms with Gasteiger partial charge < -0.3 is 14.2 Å². The van der Waals surface area contributed by atoms with Crippen molar-refractivity contribution >= 4 is 5.91 Å². The van der Waals surface area contributed by atoms with Crippen LogP contribution in [0.3, 0.4) is 0 Å². The first-order valence-corrected chi connectivity index (χ1v) is 11.4. The van der Waals surface area contributed by atoms with E-state index < -0.39 is 0 Å². The van der Waals surface area contributed by atoms with Gasteiger partial charge in [0.05, 0.1) is 31.5 Å². The topological polar surface area (TPSA) is 84.6 Å². The maximum absolute atomic E-state index is 13.4. The third kappa shape index (κ3) is 3.81. The van der Waals surface area contributed by atoms with Crippen LogP contribution in [0.2, 0.25) is 0 Å². The van der Waals surface area contributed by atoms with Gasteiger partial charge in [-0.1, -0.05) is 5.16 Å². The van der Waals surface area contributed by atoms with E-state index in [4.69, 9.17) is 14.2 Å². The summed E-state index contributed by atoms with van der Waals surface area (Å²) in [7, 11) is 0. The van der Waals surface area contributed by atoms with Crippen LogP contribution in [-0.2, 0) is 17.7 Å². The van der Waals surface area contributed by atoms with E-state index >= 15 is 0 Å². The van der Waals surface area contributed by atoms with Gasteiger partial charge >= 0.3 is 0 Å². The molecule has 8 nitrogen and oxygen atoms in total. The number of amides is 1. The Hall–Kier alpha value is -3.17. The highest BCUT2D eigenvalue weighted by molar-refractivity contribution is 5.93. The summed E-state index contributed by atoms with van der Waals surface area (Å²) in [4.78, 5) is 26.8. The Morgan fingerprint density at radius 1 is 1.15 bits per heavy atom. The number of hydrogen-bond donors (Lipinski definition) is 0. The number of rotatable bonds is 4. The summed E-state index contributed by atoms with van der Waals surface area (Å²) in [6, 6.07) is 7.97. The van der Waals surface area contributed by atoms with Gasteiger partial charge in [0.25, 0.3) is 5.91 Å². The lowest BCUT2D eigenvalue weighted by atomic mass is 9.98. The van der Waals surface area contributed by atoms with Crippen molar-refractivity contribution < 1.29 is 18.4 Å². The molecule has 0 N–H and O–H groups in total. The summed E-state index contributed by atoms with van der Waals surface area (Å²) in [5, 5.41) is 4.08. The highest BCUT2D eigenvalue weighted by atomic mass is 19.1. The third-order valence-electron chi connectivity index (χ3n) is 6.79. The number of morpholine rings is 1. The Bertz CT molecular complexity index is 1180. The standard InChI is InChI=1S/C24H24FN5O3/c25-16-3-1-15(2-4-16)23-26-13-19-20(27-23)11-17-5-6-22(19)30(17)24(31)21-12-18(33-28-21)14-29-7-9-32-10-8-29/h1-4,12-13,17,22H,5-11,14H2/t17-,22+/m0/s1. The molecule has 2 saturated heterocycles. The normalized spacial score (nSPS) is 22.4. The maximum atomic E-state index is 13.4. The van der Waals surface area contributed by atoms with E-state index in [0.29, 0.717) is 43.5 Å². The predicted molar refractivity (Wildman–Crippen MR) is 116 cm³/mol. The molecule has 3 aliphatic heterocycles. The van der Waals surface area contributed by atoms with Crippen LogP contribution < -0.4 is 0 Å². The average Bonchev–Trinajstić information content (AvgIpc) is 3.43. The molecule has 1 aromatic carbocycles. The molecule has 2 atom stereocenters. The van der Waals surface area contributed by atoms with E-state index in [2.05, 4.69) is 15.0 Å². The van der Waals surface area contributed by atoms with Crippen LogP contribution in [0.4, 0.5) is 4.39 Å². The van der Waals surface area contributed by atoms with Crippen LogP contribution in [-0.4, -0.2) is 63.2 Å². The number of carbonyl (C=O) groups excluding carboxylic acids is 1. The molecule has 6 rings (SSSR count). The third-order valence-corrected chi connectivity index (χ3v) is 6.79. The molecule has 0 spiro atoms. The molecule has 9 heteroatoms. The van der Waals surface area contributed by atoms with Gasteiger partial charge in [0.15, 0.2) is 17.3 Å². The second-order valence-electron chi connectivity index (χ2n) is 8.83. The highest BCUT2D eigenvalue weighted by Gasteiger charge is 2.44. The lowest BCUT2D eigenvalue weighted by Crippen LogP contribution is -2.42. The fourth-order valence-corrected chi connectivity index (χ4v) is 5.13. The van der Waals surface area contributed by atoms with Crippen molar-refractivity contribution in [2.45, 2.75) is 37.9 Å². The van der Waals surface area contributed by atoms with E-state index in [0.717, 1.165) is 42.8 Å². The van der Waals surface area contributed by atoms with Crippen LogP contribution in [0.1, 0.15) is 46.4 Å². The Labute approximate surface area is 190 Å². The van der Waals surface area contributed by atoms with Crippen molar-refractivity contribution in [3.05, 3.63) is 65.1 Å². The van der Waals surface area contributed by atoms with Crippen LogP contribution in [0.15, 0.2) is 41.1 Å². The van der Waals surface area contributed by atoms with Gasteiger partial charge in [0.2, 0.25) is 0 Å². The van der Waals surface area contributed by atoms with Gasteiger partial charge in [-0.05, 0) is 37.1 Å². The zero-order chi connectivity index (χ0) is 22.4. The zero-order valence-corrected chi connectivity index (χ0v) is 18.1. The number of carbonyl (C=O) groups is 1. The number of halogens is 1. The summed E-state index contributed by atoms with van der Waals surface area (Å²) in [6.45, 7) is 3.73. The van der Waals surface area contributed by atoms with E-state index in [9.17, 15) is 9.18 Å². The largest absolute Gasteiger partial charge is 0.379 e. The lowest BCUT2D eigenvalue weighted by molar-refractivity contribution is 0.0305. The van der Waals surface area contributed by atoms with Crippen molar-refractivity contribution in [3.63, 3.8) is 0 Å². The summed E-state index contributed by atoms with van der Waals surface area (Å²) in [5.41, 5.74) is 3.08. The first kappa shape index (κ1) is 20.4. The number of benzene rings is 1. The fourth-order valence-electron chi connectivity index (χ4n) is 5.13. The van der Waals surface area contributed by atoms with Crippen molar-refractivity contribution in [1.29, 1.82) is 0 Å². The van der Waals surface area contributed by atoms with Crippen molar-refractivity contribution in [1.82, 2.24) is 24.9 Å². The second kappa shape index (κ2) is 8.31. The minimum absolute atomic E-state index is 0.0621. The van der Waals surface area contributed by atoms with Crippen molar-refractivity contribution in [3.8, 4) is 11.4 Å². The molecule has 1 amide bonds. The van der Waals surface area contributed by atoms with Crippen LogP contribution in [0.5, 0.6) is 0 Å². The van der Waals surface area contributed by atoms with E-state index in [1.165, 1.54) is 12.1 Å². The zero-order valence-electron chi connectivity index (χ0n) is 18.1. The van der Waals surface area contributed by atoms with Gasteiger partial charge in [-0.25, -0.2) is 14.4 Å². The first-order valence-electron chi connectivity index (χ1n) is 11.4. The van der Waals surface area contributed by atoms with Crippen molar-refractivity contribution in [2.24, 2.45) is 0 Å². The molecule has 2 fully saturated rings. The number of ether oxygens (including phenoxy) is 1. The van der Waals surface area contributed by atoms with E-state index in [1.807, 2.05) is 11.1 Å². The van der Waals surface area contributed by atoms with Crippen LogP contribution in [0.25, 0.3) is 11.4 Å². The number of hydrogen-bond acceptors (Lipinski definition) is 7. The number of aromatic nitrogens is 3. The molecule has 0 radical (unpaired) electrons. The molecule has 0 aliphatic carbocycles. The quantitative estimate of drug-likeness (QED) is 0.605. The van der Waals surface area contributed by atoms with Crippen LogP contribution >= 0.6 is 0 Å². The Morgan fingerprint density at radius 2 is 1.97 bits per heavy atom. The highest BCUT2D eigenvalue weighted by Crippen LogP contribution is 2.44. The van der Waals surface area contributed by atoms with Gasteiger partial charge in [0.1, 0.15) is 5.82 Å². The number of nitrogens with zero attached hydrogens (tertiary/aromatic N) is 5. The molecule has 33 heavy (non-hydrogen) atoms. The molecular weight excluding hydrogens is 425 g/mol. The minimum atomic E-state index is -0.287. The first-order chi connectivity index (χ1) is 16.2. The molecule has 0 unspecified atom stereocenters. The monoisotopic (exact) mass is 449 g/mol. The molecule has 3 aromatic rings. The Balaban J connectivity index is 1.22. The summed E-state index contributed by atoms with van der Waals surface area (Å²) >= 11 is 0. The van der Waals surface area contributed by atoms with Crippen molar-refractivity contribution in [2.75, 3.05) is 26.3 Å². The molecule has 170 valence electrons. The van der Waals surface area contributed by atoms with Gasteiger partial charge in [-0.2, -0.15) is 0 Å². The van der Waals surface area contributed by atoms with Crippen LogP contribution in [0, 0.1) is 5.82 Å². The molecule has 5 heterocycles. The second-order valence-corrected chi connectivity index (χ2v) is 8.83. The van der Waals surface area contributed by atoms with E-state index in [1.54, 1.807) is 18.2 Å². The van der Waals surface area contributed by atoms with Gasteiger partial charge in [-0.3, -0.25) is 9.69 Å². The average molecular weight is 449 g/mol. The Kier molecular flexibility index (Phi) is 5.15. The molecule has 3 aliphatic rings. The van der Waals surface area contributed by atoms with Gasteiger partial charge in [-0.15, -0.1) is 0 Å². The lowest BCUT2D eigenvalue weighted by Gasteiger charge is -2.35. The molecule has 2 bridgehead atoms. The summed E-state index contributed by atoms with van der Waals surface area (Å²) in [6.07, 6.45) is 4.28. The summed E-state index contributed by atoms with van der Waals surface area (Å²) < 4.78 is 24.1. The van der Waals surface area contributed by atoms with E-state index in [-0.39, 0.29) is 23.8 Å². The number of fused-ring (bicyclic) bond motifs is 4. The maximum Gasteiger partial charge on any atom is 0.276 e. The smallest absolute Gasteiger partial charge is 0.276 e. The predicted octanol–water partition coefficient (Wildman–Crippen LogP) is 3.00. The Morgan fingerprint density at radius 3 is 2.79 bits per heavy atom. The fraction of sp³-hybridized carbons (Fsp3) is 0.417. The van der Waals surface area contributed by atoms with Gasteiger partial charge in [0, 0.05) is 48.9 Å². The minimum Gasteiger partial charge on any atom is -0.379 e. The summed E-state index contributed by atoms with van der Waals surface area (Å²) in [5.74, 6) is 0.882. The SMILES string of the molecule is O=C(c1cc(CN2CCOCC2)on1)N1[C@H]2CC[C@@H]1c1cnc(-c3ccc(F)cc3)nc1C2. The molecule has 2 aromatic heterocycles. The molecular formula is C24H24FN5O3.